The third-order valence-electron chi connectivity index (χ3n) is 5.05. The fraction of sp³-hybridized carbons (Fsp3) is 0.474. The second kappa shape index (κ2) is 8.63. The quantitative estimate of drug-likeness (QED) is 0.767. The van der Waals surface area contributed by atoms with Crippen LogP contribution in [0.25, 0.3) is 0 Å². The highest BCUT2D eigenvalue weighted by atomic mass is 35.5. The van der Waals surface area contributed by atoms with Gasteiger partial charge in [0.25, 0.3) is 0 Å². The fourth-order valence-corrected chi connectivity index (χ4v) is 5.46. The maximum Gasteiger partial charge on any atom is 0.248 e. The summed E-state index contributed by atoms with van der Waals surface area (Å²) in [6.07, 6.45) is 1.66. The van der Waals surface area contributed by atoms with Gasteiger partial charge in [-0.3, -0.25) is 4.79 Å². The molecule has 0 unspecified atom stereocenters. The Hall–Kier alpha value is -1.90. The first-order valence-corrected chi connectivity index (χ1v) is 11.0. The number of nitrogens with one attached hydrogen (secondary N) is 1. The highest BCUT2D eigenvalue weighted by Crippen LogP contribution is 2.28. The first-order chi connectivity index (χ1) is 13.3. The number of nitrogens with zero attached hydrogens (tertiary/aromatic N) is 2. The molecule has 3 rings (SSSR count). The molecule has 1 saturated heterocycles. The number of hydrogen-bond acceptors (Lipinski definition) is 5. The zero-order valence-electron chi connectivity index (χ0n) is 15.9. The Morgan fingerprint density at radius 1 is 1.29 bits per heavy atom. The van der Waals surface area contributed by atoms with Gasteiger partial charge in [0.2, 0.25) is 15.9 Å². The highest BCUT2D eigenvalue weighted by Gasteiger charge is 2.34. The van der Waals surface area contributed by atoms with E-state index in [0.29, 0.717) is 55.4 Å². The third-order valence-corrected chi connectivity index (χ3v) is 7.56. The SMILES string of the molecule is Cc1noc(C)c1S(=O)(=O)N1CCC(CC(=O)NCc2ccccc2Cl)CC1. The molecular formula is C19H24ClN3O4S. The average molecular weight is 426 g/mol. The van der Waals surface area contributed by atoms with Gasteiger partial charge in [-0.15, -0.1) is 0 Å². The summed E-state index contributed by atoms with van der Waals surface area (Å²) in [5.41, 5.74) is 1.25. The molecule has 7 nitrogen and oxygen atoms in total. The number of amides is 1. The number of benzene rings is 1. The first-order valence-electron chi connectivity index (χ1n) is 9.22. The molecule has 1 aliphatic rings. The summed E-state index contributed by atoms with van der Waals surface area (Å²) in [5.74, 6) is 0.410. The van der Waals surface area contributed by atoms with Crippen molar-refractivity contribution in [3.63, 3.8) is 0 Å². The van der Waals surface area contributed by atoms with Gasteiger partial charge in [0.1, 0.15) is 10.6 Å². The molecule has 2 heterocycles. The minimum absolute atomic E-state index is 0.0491. The van der Waals surface area contributed by atoms with Crippen molar-refractivity contribution in [1.29, 1.82) is 0 Å². The molecule has 28 heavy (non-hydrogen) atoms. The summed E-state index contributed by atoms with van der Waals surface area (Å²) >= 11 is 6.10. The number of halogens is 1. The van der Waals surface area contributed by atoms with E-state index in [0.717, 1.165) is 5.56 Å². The maximum atomic E-state index is 12.8. The predicted molar refractivity (Wildman–Crippen MR) is 105 cm³/mol. The zero-order valence-corrected chi connectivity index (χ0v) is 17.5. The smallest absolute Gasteiger partial charge is 0.248 e. The molecule has 0 atom stereocenters. The van der Waals surface area contributed by atoms with Gasteiger partial charge in [0.05, 0.1) is 0 Å². The molecule has 9 heteroatoms. The van der Waals surface area contributed by atoms with E-state index in [-0.39, 0.29) is 16.7 Å². The lowest BCUT2D eigenvalue weighted by molar-refractivity contribution is -0.122. The van der Waals surface area contributed by atoms with Crippen LogP contribution >= 0.6 is 11.6 Å². The van der Waals surface area contributed by atoms with Crippen molar-refractivity contribution >= 4 is 27.5 Å². The first kappa shape index (κ1) is 20.8. The van der Waals surface area contributed by atoms with Gasteiger partial charge in [-0.2, -0.15) is 4.31 Å². The second-order valence-electron chi connectivity index (χ2n) is 7.07. The van der Waals surface area contributed by atoms with E-state index in [1.165, 1.54) is 4.31 Å². The standard InChI is InChI=1S/C19H24ClN3O4S/c1-13-19(14(2)27-22-13)28(25,26)23-9-7-15(8-10-23)11-18(24)21-12-16-5-3-4-6-17(16)20/h3-6,15H,7-12H2,1-2H3,(H,21,24). The molecule has 1 N–H and O–H groups in total. The normalized spacial score (nSPS) is 16.2. The third kappa shape index (κ3) is 4.56. The van der Waals surface area contributed by atoms with Gasteiger partial charge in [-0.05, 0) is 44.2 Å². The number of rotatable bonds is 6. The summed E-state index contributed by atoms with van der Waals surface area (Å²) in [6, 6.07) is 7.39. The fourth-order valence-electron chi connectivity index (χ4n) is 3.50. The summed E-state index contributed by atoms with van der Waals surface area (Å²) in [7, 11) is -3.62. The summed E-state index contributed by atoms with van der Waals surface area (Å²) in [5, 5.41) is 7.26. The minimum Gasteiger partial charge on any atom is -0.360 e. The van der Waals surface area contributed by atoms with Crippen molar-refractivity contribution in [2.24, 2.45) is 5.92 Å². The molecule has 2 aromatic rings. The van der Waals surface area contributed by atoms with Crippen LogP contribution in [0, 0.1) is 19.8 Å². The number of piperidine rings is 1. The predicted octanol–water partition coefficient (Wildman–Crippen LogP) is 3.05. The Bertz CT molecular complexity index is 930. The Kier molecular flexibility index (Phi) is 6.42. The van der Waals surface area contributed by atoms with Crippen LogP contribution in [0.3, 0.4) is 0 Å². The van der Waals surface area contributed by atoms with Crippen molar-refractivity contribution < 1.29 is 17.7 Å². The van der Waals surface area contributed by atoms with E-state index in [1.54, 1.807) is 19.9 Å². The summed E-state index contributed by atoms with van der Waals surface area (Å²) in [4.78, 5) is 12.4. The number of aryl methyl sites for hydroxylation is 2. The van der Waals surface area contributed by atoms with Crippen LogP contribution < -0.4 is 5.32 Å². The van der Waals surface area contributed by atoms with Crippen LogP contribution in [0.1, 0.15) is 36.3 Å². The number of carbonyl (C=O) groups is 1. The molecule has 0 radical (unpaired) electrons. The Morgan fingerprint density at radius 2 is 1.96 bits per heavy atom. The molecule has 1 aromatic heterocycles. The van der Waals surface area contributed by atoms with E-state index in [2.05, 4.69) is 10.5 Å². The Balaban J connectivity index is 1.51. The molecular weight excluding hydrogens is 402 g/mol. The van der Waals surface area contributed by atoms with Gasteiger partial charge in [0, 0.05) is 31.1 Å². The molecule has 0 spiro atoms. The molecule has 1 amide bonds. The van der Waals surface area contributed by atoms with Crippen molar-refractivity contribution in [1.82, 2.24) is 14.8 Å². The summed E-state index contributed by atoms with van der Waals surface area (Å²) < 4.78 is 32.1. The van der Waals surface area contributed by atoms with E-state index in [4.69, 9.17) is 16.1 Å². The van der Waals surface area contributed by atoms with Crippen molar-refractivity contribution in [2.75, 3.05) is 13.1 Å². The zero-order chi connectivity index (χ0) is 20.3. The number of hydrogen-bond donors (Lipinski definition) is 1. The molecule has 152 valence electrons. The van der Waals surface area contributed by atoms with Crippen LogP contribution in [-0.2, 0) is 21.4 Å². The topological polar surface area (TPSA) is 92.5 Å². The average Bonchev–Trinajstić information content (AvgIpc) is 3.00. The molecule has 0 aliphatic carbocycles. The monoisotopic (exact) mass is 425 g/mol. The van der Waals surface area contributed by atoms with E-state index < -0.39 is 10.0 Å². The van der Waals surface area contributed by atoms with Crippen LogP contribution in [0.4, 0.5) is 0 Å². The maximum absolute atomic E-state index is 12.8. The number of aromatic nitrogens is 1. The van der Waals surface area contributed by atoms with Crippen molar-refractivity contribution in [3.05, 3.63) is 46.3 Å². The van der Waals surface area contributed by atoms with E-state index in [9.17, 15) is 13.2 Å². The van der Waals surface area contributed by atoms with Gasteiger partial charge < -0.3 is 9.84 Å². The van der Waals surface area contributed by atoms with Crippen LogP contribution in [-0.4, -0.2) is 36.9 Å². The van der Waals surface area contributed by atoms with Crippen LogP contribution in [0.15, 0.2) is 33.7 Å². The number of carbonyl (C=O) groups excluding carboxylic acids is 1. The minimum atomic E-state index is -3.62. The highest BCUT2D eigenvalue weighted by molar-refractivity contribution is 7.89. The Morgan fingerprint density at radius 3 is 2.57 bits per heavy atom. The lowest BCUT2D eigenvalue weighted by Gasteiger charge is -2.30. The van der Waals surface area contributed by atoms with E-state index >= 15 is 0 Å². The molecule has 1 aliphatic heterocycles. The summed E-state index contributed by atoms with van der Waals surface area (Å²) in [6.45, 7) is 4.38. The molecule has 0 saturated carbocycles. The van der Waals surface area contributed by atoms with Gasteiger partial charge in [0.15, 0.2) is 5.76 Å². The van der Waals surface area contributed by atoms with Gasteiger partial charge >= 0.3 is 0 Å². The second-order valence-corrected chi connectivity index (χ2v) is 9.35. The molecule has 0 bridgehead atoms. The van der Waals surface area contributed by atoms with Crippen LogP contribution in [0.5, 0.6) is 0 Å². The lowest BCUT2D eigenvalue weighted by Crippen LogP contribution is -2.39. The van der Waals surface area contributed by atoms with Crippen molar-refractivity contribution in [2.45, 2.75) is 44.6 Å². The molecule has 1 aromatic carbocycles. The van der Waals surface area contributed by atoms with Gasteiger partial charge in [-0.1, -0.05) is 35.0 Å². The molecule has 1 fully saturated rings. The van der Waals surface area contributed by atoms with E-state index in [1.807, 2.05) is 18.2 Å². The number of sulfonamides is 1. The Labute approximate surface area is 170 Å². The van der Waals surface area contributed by atoms with Crippen LogP contribution in [0.2, 0.25) is 5.02 Å². The lowest BCUT2D eigenvalue weighted by atomic mass is 9.94. The van der Waals surface area contributed by atoms with Crippen molar-refractivity contribution in [3.8, 4) is 0 Å². The largest absolute Gasteiger partial charge is 0.360 e. The van der Waals surface area contributed by atoms with Gasteiger partial charge in [-0.25, -0.2) is 8.42 Å².